The van der Waals surface area contributed by atoms with E-state index in [0.717, 1.165) is 7.11 Å². The van der Waals surface area contributed by atoms with Crippen LogP contribution in [0.3, 0.4) is 0 Å². The summed E-state index contributed by atoms with van der Waals surface area (Å²) in [5, 5.41) is 2.67. The molecule has 35 heavy (non-hydrogen) atoms. The molecule has 0 saturated heterocycles. The highest BCUT2D eigenvalue weighted by molar-refractivity contribution is 6.42. The van der Waals surface area contributed by atoms with Crippen molar-refractivity contribution >= 4 is 35.1 Å². The molecule has 14 heteroatoms. The molecule has 1 aromatic rings. The van der Waals surface area contributed by atoms with E-state index in [4.69, 9.17) is 38.4 Å². The third kappa shape index (κ3) is 6.43. The molecule has 1 aliphatic heterocycles. The summed E-state index contributed by atoms with van der Waals surface area (Å²) in [7, 11) is 1.06. The Labute approximate surface area is 207 Å². The molecule has 0 saturated carbocycles. The Hall–Kier alpha value is -2.41. The highest BCUT2D eigenvalue weighted by Crippen LogP contribution is 2.44. The SMILES string of the molecule is COC(=O)C1=C(C)NC(COCCN)=C(C(=O)OCC(F)(F)C(F)(F)F)C1c1cccc(Cl)c1Cl. The van der Waals surface area contributed by atoms with Gasteiger partial charge in [-0.3, -0.25) is 0 Å². The molecule has 1 unspecified atom stereocenters. The van der Waals surface area contributed by atoms with Crippen LogP contribution in [0.15, 0.2) is 40.7 Å². The number of allylic oxidation sites excluding steroid dienone is 1. The van der Waals surface area contributed by atoms with Gasteiger partial charge in [0.05, 0.1) is 53.1 Å². The normalized spacial score (nSPS) is 16.8. The summed E-state index contributed by atoms with van der Waals surface area (Å²) in [6.45, 7) is -1.06. The predicted octanol–water partition coefficient (Wildman–Crippen LogP) is 4.10. The van der Waals surface area contributed by atoms with E-state index in [1.54, 1.807) is 0 Å². The lowest BCUT2D eigenvalue weighted by molar-refractivity contribution is -0.293. The smallest absolute Gasteiger partial charge is 0.456 e. The summed E-state index contributed by atoms with van der Waals surface area (Å²) in [6, 6.07) is 4.26. The Bertz CT molecular complexity index is 1040. The molecule has 1 heterocycles. The number of benzene rings is 1. The quantitative estimate of drug-likeness (QED) is 0.273. The molecular formula is C21H21Cl2F5N2O5. The Morgan fingerprint density at radius 1 is 1.11 bits per heavy atom. The molecule has 0 fully saturated rings. The summed E-state index contributed by atoms with van der Waals surface area (Å²) in [4.78, 5) is 25.7. The van der Waals surface area contributed by atoms with E-state index in [1.165, 1.54) is 25.1 Å². The Morgan fingerprint density at radius 2 is 1.77 bits per heavy atom. The first kappa shape index (κ1) is 28.8. The third-order valence-electron chi connectivity index (χ3n) is 4.87. The summed E-state index contributed by atoms with van der Waals surface area (Å²) in [6.07, 6.45) is -5.96. The van der Waals surface area contributed by atoms with Crippen LogP contribution in [0.25, 0.3) is 0 Å². The third-order valence-corrected chi connectivity index (χ3v) is 5.70. The number of methoxy groups -OCH3 is 1. The van der Waals surface area contributed by atoms with E-state index in [-0.39, 0.29) is 52.3 Å². The van der Waals surface area contributed by atoms with Gasteiger partial charge in [0.25, 0.3) is 0 Å². The Balaban J connectivity index is 2.68. The molecule has 194 valence electrons. The first-order valence-electron chi connectivity index (χ1n) is 9.89. The van der Waals surface area contributed by atoms with Gasteiger partial charge in [-0.05, 0) is 18.6 Å². The van der Waals surface area contributed by atoms with Gasteiger partial charge in [0.2, 0.25) is 0 Å². The fraction of sp³-hybridized carbons (Fsp3) is 0.429. The summed E-state index contributed by atoms with van der Waals surface area (Å²) in [5.41, 5.74) is 4.92. The second kappa shape index (κ2) is 11.5. The second-order valence-electron chi connectivity index (χ2n) is 7.24. The van der Waals surface area contributed by atoms with E-state index in [1.807, 2.05) is 0 Å². The van der Waals surface area contributed by atoms with Gasteiger partial charge in [-0.25, -0.2) is 9.59 Å². The van der Waals surface area contributed by atoms with Gasteiger partial charge < -0.3 is 25.3 Å². The number of rotatable bonds is 9. The maximum absolute atomic E-state index is 13.5. The fourth-order valence-corrected chi connectivity index (χ4v) is 3.68. The molecule has 1 atom stereocenters. The standard InChI is InChI=1S/C21H21Cl2F5N2O5/c1-10-14(18(31)33-2)15(11-4-3-5-12(22)17(11)23)16(13(30-10)8-34-7-6-29)19(32)35-9-20(24,25)21(26,27)28/h3-5,15,30H,6-9,29H2,1-2H3. The van der Waals surface area contributed by atoms with Gasteiger partial charge in [0.15, 0.2) is 6.61 Å². The zero-order valence-electron chi connectivity index (χ0n) is 18.4. The molecule has 0 bridgehead atoms. The van der Waals surface area contributed by atoms with Crippen LogP contribution in [-0.2, 0) is 23.8 Å². The Kier molecular flexibility index (Phi) is 9.51. The summed E-state index contributed by atoms with van der Waals surface area (Å²) in [5.74, 6) is -9.22. The van der Waals surface area contributed by atoms with E-state index in [2.05, 4.69) is 10.1 Å². The molecule has 0 spiro atoms. The number of carbonyl (C=O) groups is 2. The van der Waals surface area contributed by atoms with Crippen molar-refractivity contribution in [3.63, 3.8) is 0 Å². The minimum absolute atomic E-state index is 0.0227. The fourth-order valence-electron chi connectivity index (χ4n) is 3.26. The number of ether oxygens (including phenoxy) is 3. The van der Waals surface area contributed by atoms with Gasteiger partial charge >= 0.3 is 24.0 Å². The Morgan fingerprint density at radius 3 is 2.34 bits per heavy atom. The van der Waals surface area contributed by atoms with E-state index in [9.17, 15) is 31.5 Å². The van der Waals surface area contributed by atoms with Gasteiger partial charge in [-0.1, -0.05) is 35.3 Å². The highest BCUT2D eigenvalue weighted by atomic mass is 35.5. The average Bonchev–Trinajstić information content (AvgIpc) is 2.78. The molecule has 1 aliphatic rings. The lowest BCUT2D eigenvalue weighted by Crippen LogP contribution is -2.42. The van der Waals surface area contributed by atoms with Crippen LogP contribution < -0.4 is 11.1 Å². The van der Waals surface area contributed by atoms with Gasteiger partial charge in [0, 0.05) is 12.2 Å². The second-order valence-corrected chi connectivity index (χ2v) is 8.03. The zero-order chi connectivity index (χ0) is 26.6. The van der Waals surface area contributed by atoms with Crippen molar-refractivity contribution in [3.05, 3.63) is 56.3 Å². The lowest BCUT2D eigenvalue weighted by atomic mass is 9.80. The topological polar surface area (TPSA) is 99.9 Å². The number of esters is 2. The van der Waals surface area contributed by atoms with Crippen molar-refractivity contribution in [1.82, 2.24) is 5.32 Å². The van der Waals surface area contributed by atoms with Crippen LogP contribution in [0.4, 0.5) is 22.0 Å². The minimum atomic E-state index is -5.96. The number of nitrogens with two attached hydrogens (primary N) is 1. The number of carbonyl (C=O) groups excluding carboxylic acids is 2. The number of hydrogen-bond donors (Lipinski definition) is 2. The summed E-state index contributed by atoms with van der Waals surface area (Å²) < 4.78 is 79.3. The molecule has 2 rings (SSSR count). The van der Waals surface area contributed by atoms with E-state index >= 15 is 0 Å². The van der Waals surface area contributed by atoms with Crippen LogP contribution in [0.2, 0.25) is 10.0 Å². The monoisotopic (exact) mass is 546 g/mol. The summed E-state index contributed by atoms with van der Waals surface area (Å²) >= 11 is 12.4. The van der Waals surface area contributed by atoms with Crippen molar-refractivity contribution in [3.8, 4) is 0 Å². The van der Waals surface area contributed by atoms with E-state index < -0.39 is 42.1 Å². The minimum Gasteiger partial charge on any atom is -0.466 e. The molecule has 1 aromatic carbocycles. The highest BCUT2D eigenvalue weighted by Gasteiger charge is 2.58. The van der Waals surface area contributed by atoms with Gasteiger partial charge in [-0.15, -0.1) is 0 Å². The largest absolute Gasteiger partial charge is 0.466 e. The first-order chi connectivity index (χ1) is 16.3. The molecular weight excluding hydrogens is 526 g/mol. The van der Waals surface area contributed by atoms with E-state index in [0.29, 0.717) is 0 Å². The van der Waals surface area contributed by atoms with Crippen LogP contribution in [-0.4, -0.2) is 57.5 Å². The number of nitrogens with one attached hydrogen (secondary N) is 1. The van der Waals surface area contributed by atoms with Crippen molar-refractivity contribution < 1.29 is 45.8 Å². The molecule has 0 aliphatic carbocycles. The van der Waals surface area contributed by atoms with Crippen LogP contribution in [0.1, 0.15) is 18.4 Å². The zero-order valence-corrected chi connectivity index (χ0v) is 19.9. The maximum atomic E-state index is 13.5. The number of alkyl halides is 5. The number of dihydropyridines is 1. The van der Waals surface area contributed by atoms with Crippen molar-refractivity contribution in [2.75, 3.05) is 33.5 Å². The molecule has 0 radical (unpaired) electrons. The lowest BCUT2D eigenvalue weighted by Gasteiger charge is -2.32. The first-order valence-corrected chi connectivity index (χ1v) is 10.6. The number of halogens is 7. The number of hydrogen-bond acceptors (Lipinski definition) is 7. The van der Waals surface area contributed by atoms with Crippen molar-refractivity contribution in [1.29, 1.82) is 0 Å². The maximum Gasteiger partial charge on any atom is 0.456 e. The van der Waals surface area contributed by atoms with Crippen molar-refractivity contribution in [2.24, 2.45) is 5.73 Å². The van der Waals surface area contributed by atoms with Crippen LogP contribution in [0, 0.1) is 0 Å². The van der Waals surface area contributed by atoms with Crippen LogP contribution >= 0.6 is 23.2 Å². The van der Waals surface area contributed by atoms with Crippen LogP contribution in [0.5, 0.6) is 0 Å². The van der Waals surface area contributed by atoms with Crippen molar-refractivity contribution in [2.45, 2.75) is 24.9 Å². The predicted molar refractivity (Wildman–Crippen MR) is 116 cm³/mol. The van der Waals surface area contributed by atoms with Gasteiger partial charge in [0.1, 0.15) is 0 Å². The molecule has 7 nitrogen and oxygen atoms in total. The van der Waals surface area contributed by atoms with Gasteiger partial charge in [-0.2, -0.15) is 22.0 Å². The average molecular weight is 547 g/mol. The molecule has 0 amide bonds. The molecule has 0 aromatic heterocycles. The molecule has 3 N–H and O–H groups in total.